The van der Waals surface area contributed by atoms with Crippen LogP contribution in [0.4, 0.5) is 13.2 Å². The SMILES string of the molecule is Cn1cc(-c2cc(C(=O)N3CCCC3c3[nH]ncc3-c3cccc(C(F)(F)F)c3)ccn2)cn1. The topological polar surface area (TPSA) is 79.7 Å². The zero-order valence-electron chi connectivity index (χ0n) is 18.3. The van der Waals surface area contributed by atoms with Crippen molar-refractivity contribution in [2.75, 3.05) is 6.54 Å². The molecule has 10 heteroatoms. The fourth-order valence-electron chi connectivity index (χ4n) is 4.39. The largest absolute Gasteiger partial charge is 0.416 e. The van der Waals surface area contributed by atoms with Crippen LogP contribution in [0.2, 0.25) is 0 Å². The van der Waals surface area contributed by atoms with Gasteiger partial charge < -0.3 is 4.90 Å². The lowest BCUT2D eigenvalue weighted by Crippen LogP contribution is -2.31. The Morgan fingerprint density at radius 2 is 2.00 bits per heavy atom. The van der Waals surface area contributed by atoms with Gasteiger partial charge in [0.1, 0.15) is 0 Å². The fraction of sp³-hybridized carbons (Fsp3) is 0.250. The number of hydrogen-bond donors (Lipinski definition) is 1. The minimum absolute atomic E-state index is 0.167. The van der Waals surface area contributed by atoms with Crippen molar-refractivity contribution in [2.45, 2.75) is 25.1 Å². The van der Waals surface area contributed by atoms with E-state index in [9.17, 15) is 18.0 Å². The molecular formula is C24H21F3N6O. The number of pyridine rings is 1. The van der Waals surface area contributed by atoms with Crippen LogP contribution >= 0.6 is 0 Å². The molecule has 1 aromatic carbocycles. The molecule has 7 nitrogen and oxygen atoms in total. The lowest BCUT2D eigenvalue weighted by molar-refractivity contribution is -0.137. The van der Waals surface area contributed by atoms with Gasteiger partial charge in [0, 0.05) is 42.7 Å². The van der Waals surface area contributed by atoms with Crippen molar-refractivity contribution < 1.29 is 18.0 Å². The summed E-state index contributed by atoms with van der Waals surface area (Å²) >= 11 is 0. The zero-order valence-corrected chi connectivity index (χ0v) is 18.3. The van der Waals surface area contributed by atoms with Crippen LogP contribution in [0.15, 0.2) is 61.2 Å². The molecule has 1 aliphatic rings. The molecule has 1 N–H and O–H groups in total. The van der Waals surface area contributed by atoms with Gasteiger partial charge in [0.15, 0.2) is 0 Å². The molecule has 3 aromatic heterocycles. The third-order valence-electron chi connectivity index (χ3n) is 6.02. The molecule has 0 radical (unpaired) electrons. The van der Waals surface area contributed by atoms with Crippen molar-refractivity contribution in [3.05, 3.63) is 78.0 Å². The van der Waals surface area contributed by atoms with E-state index in [-0.39, 0.29) is 11.9 Å². The molecule has 0 bridgehead atoms. The highest BCUT2D eigenvalue weighted by molar-refractivity contribution is 5.95. The normalized spacial score (nSPS) is 16.2. The number of aryl methyl sites for hydroxylation is 1. The van der Waals surface area contributed by atoms with Gasteiger partial charge in [0.05, 0.1) is 35.4 Å². The Morgan fingerprint density at radius 1 is 1.15 bits per heavy atom. The Kier molecular flexibility index (Phi) is 5.43. The molecule has 1 atom stereocenters. The van der Waals surface area contributed by atoms with Crippen LogP contribution in [-0.2, 0) is 13.2 Å². The maximum atomic E-state index is 13.5. The van der Waals surface area contributed by atoms with E-state index in [1.54, 1.807) is 47.2 Å². The molecule has 4 aromatic rings. The summed E-state index contributed by atoms with van der Waals surface area (Å²) in [6, 6.07) is 8.22. The maximum absolute atomic E-state index is 13.5. The molecule has 1 amide bonds. The Bertz CT molecular complexity index is 1340. The van der Waals surface area contributed by atoms with Crippen molar-refractivity contribution >= 4 is 5.91 Å². The summed E-state index contributed by atoms with van der Waals surface area (Å²) in [6.45, 7) is 0.537. The van der Waals surface area contributed by atoms with Gasteiger partial charge in [-0.3, -0.25) is 19.6 Å². The minimum atomic E-state index is -4.44. The molecular weight excluding hydrogens is 445 g/mol. The second-order valence-corrected chi connectivity index (χ2v) is 8.26. The van der Waals surface area contributed by atoms with Crippen molar-refractivity contribution in [1.82, 2.24) is 29.9 Å². The molecule has 0 spiro atoms. The van der Waals surface area contributed by atoms with Crippen LogP contribution in [0.25, 0.3) is 22.4 Å². The zero-order chi connectivity index (χ0) is 23.9. The number of carbonyl (C=O) groups is 1. The van der Waals surface area contributed by atoms with E-state index in [1.165, 1.54) is 12.3 Å². The van der Waals surface area contributed by atoms with E-state index >= 15 is 0 Å². The lowest BCUT2D eigenvalue weighted by atomic mass is 9.99. The number of aromatic amines is 1. The monoisotopic (exact) mass is 466 g/mol. The number of aromatic nitrogens is 5. The molecule has 174 valence electrons. The molecule has 0 saturated carbocycles. The van der Waals surface area contributed by atoms with Crippen LogP contribution in [0.5, 0.6) is 0 Å². The Morgan fingerprint density at radius 3 is 2.76 bits per heavy atom. The lowest BCUT2D eigenvalue weighted by Gasteiger charge is -2.25. The summed E-state index contributed by atoms with van der Waals surface area (Å²) in [5.41, 5.74) is 2.79. The van der Waals surface area contributed by atoms with Crippen LogP contribution in [0.3, 0.4) is 0 Å². The quantitative estimate of drug-likeness (QED) is 0.466. The van der Waals surface area contributed by atoms with Crippen LogP contribution < -0.4 is 0 Å². The number of nitrogens with one attached hydrogen (secondary N) is 1. The third kappa shape index (κ3) is 4.07. The average molecular weight is 466 g/mol. The summed E-state index contributed by atoms with van der Waals surface area (Å²) in [5.74, 6) is -0.167. The summed E-state index contributed by atoms with van der Waals surface area (Å²) < 4.78 is 41.4. The number of hydrogen-bond acceptors (Lipinski definition) is 4. The van der Waals surface area contributed by atoms with Crippen molar-refractivity contribution in [3.8, 4) is 22.4 Å². The van der Waals surface area contributed by atoms with E-state index in [1.807, 2.05) is 6.20 Å². The highest BCUT2D eigenvalue weighted by Gasteiger charge is 2.34. The van der Waals surface area contributed by atoms with Gasteiger partial charge in [-0.05, 0) is 42.7 Å². The van der Waals surface area contributed by atoms with Gasteiger partial charge in [-0.25, -0.2) is 0 Å². The number of benzene rings is 1. The van der Waals surface area contributed by atoms with E-state index in [2.05, 4.69) is 20.3 Å². The highest BCUT2D eigenvalue weighted by Crippen LogP contribution is 2.39. The average Bonchev–Trinajstić information content (AvgIpc) is 3.58. The molecule has 4 heterocycles. The van der Waals surface area contributed by atoms with E-state index in [0.717, 1.165) is 24.1 Å². The predicted octanol–water partition coefficient (Wildman–Crippen LogP) is 4.87. The number of H-pyrrole nitrogens is 1. The standard InChI is InChI=1S/C24H21F3N6O/c1-32-14-17(12-30-32)20-11-16(7-8-28-20)23(34)33-9-3-6-21(33)22-19(13-29-31-22)15-4-2-5-18(10-15)24(25,26)27/h2,4-5,7-8,10-14,21H,3,6,9H2,1H3,(H,29,31). The van der Waals surface area contributed by atoms with E-state index < -0.39 is 11.7 Å². The third-order valence-corrected chi connectivity index (χ3v) is 6.02. The number of amides is 1. The van der Waals surface area contributed by atoms with Gasteiger partial charge in [-0.2, -0.15) is 23.4 Å². The molecule has 1 saturated heterocycles. The van der Waals surface area contributed by atoms with Crippen molar-refractivity contribution in [3.63, 3.8) is 0 Å². The Labute approximate surface area is 193 Å². The summed E-state index contributed by atoms with van der Waals surface area (Å²) in [5, 5.41) is 11.2. The number of alkyl halides is 3. The predicted molar refractivity (Wildman–Crippen MR) is 118 cm³/mol. The van der Waals surface area contributed by atoms with Crippen LogP contribution in [0, 0.1) is 0 Å². The number of carbonyl (C=O) groups excluding carboxylic acids is 1. The molecule has 0 aliphatic carbocycles. The van der Waals surface area contributed by atoms with Crippen LogP contribution in [-0.4, -0.2) is 42.3 Å². The number of rotatable bonds is 4. The molecule has 1 unspecified atom stereocenters. The first-order chi connectivity index (χ1) is 16.3. The molecule has 1 aliphatic heterocycles. The van der Waals surface area contributed by atoms with Gasteiger partial charge in [-0.15, -0.1) is 0 Å². The number of nitrogens with zero attached hydrogens (tertiary/aromatic N) is 5. The second kappa shape index (κ2) is 8.44. The van der Waals surface area contributed by atoms with Gasteiger partial charge in [0.2, 0.25) is 0 Å². The molecule has 34 heavy (non-hydrogen) atoms. The van der Waals surface area contributed by atoms with Crippen molar-refractivity contribution in [2.24, 2.45) is 7.05 Å². The maximum Gasteiger partial charge on any atom is 0.416 e. The van der Waals surface area contributed by atoms with Gasteiger partial charge in [0.25, 0.3) is 5.91 Å². The van der Waals surface area contributed by atoms with E-state index in [0.29, 0.717) is 41.0 Å². The van der Waals surface area contributed by atoms with E-state index in [4.69, 9.17) is 0 Å². The summed E-state index contributed by atoms with van der Waals surface area (Å²) in [4.78, 5) is 19.6. The first kappa shape index (κ1) is 21.9. The summed E-state index contributed by atoms with van der Waals surface area (Å²) in [6.07, 6.45) is 3.62. The molecule has 5 rings (SSSR count). The van der Waals surface area contributed by atoms with Crippen LogP contribution in [0.1, 0.15) is 40.5 Å². The van der Waals surface area contributed by atoms with Crippen molar-refractivity contribution in [1.29, 1.82) is 0 Å². The Hall–Kier alpha value is -3.95. The van der Waals surface area contributed by atoms with Gasteiger partial charge in [-0.1, -0.05) is 12.1 Å². The first-order valence-electron chi connectivity index (χ1n) is 10.8. The minimum Gasteiger partial charge on any atom is -0.330 e. The second-order valence-electron chi connectivity index (χ2n) is 8.26. The number of likely N-dealkylation sites (tertiary alicyclic amines) is 1. The first-order valence-corrected chi connectivity index (χ1v) is 10.8. The fourth-order valence-corrected chi connectivity index (χ4v) is 4.39. The number of halogens is 3. The summed E-state index contributed by atoms with van der Waals surface area (Å²) in [7, 11) is 1.81. The highest BCUT2D eigenvalue weighted by atomic mass is 19.4. The molecule has 1 fully saturated rings. The van der Waals surface area contributed by atoms with Gasteiger partial charge >= 0.3 is 6.18 Å². The Balaban J connectivity index is 1.45. The smallest absolute Gasteiger partial charge is 0.330 e.